The van der Waals surface area contributed by atoms with E-state index >= 15 is 0 Å². The van der Waals surface area contributed by atoms with Crippen LogP contribution in [0.3, 0.4) is 0 Å². The molecule has 20 heavy (non-hydrogen) atoms. The van der Waals surface area contributed by atoms with E-state index in [0.717, 1.165) is 36.7 Å². The van der Waals surface area contributed by atoms with Crippen molar-refractivity contribution in [3.63, 3.8) is 0 Å². The predicted octanol–water partition coefficient (Wildman–Crippen LogP) is 2.64. The number of hydrogen-bond acceptors (Lipinski definition) is 5. The molecule has 3 heterocycles. The molecule has 5 nitrogen and oxygen atoms in total. The number of aromatic nitrogens is 3. The predicted molar refractivity (Wildman–Crippen MR) is 76.3 cm³/mol. The third-order valence-corrected chi connectivity index (χ3v) is 3.96. The summed E-state index contributed by atoms with van der Waals surface area (Å²) in [6.45, 7) is 8.55. The molecular formula is C15H20N4O. The van der Waals surface area contributed by atoms with Gasteiger partial charge < -0.3 is 9.42 Å². The second kappa shape index (κ2) is 5.32. The van der Waals surface area contributed by atoms with E-state index in [1.807, 2.05) is 19.1 Å². The Bertz CT molecular complexity index is 593. The molecule has 2 aromatic rings. The second-order valence-corrected chi connectivity index (χ2v) is 5.70. The maximum Gasteiger partial charge on any atom is 0.231 e. The molecule has 2 aromatic heterocycles. The first-order valence-corrected chi connectivity index (χ1v) is 7.15. The van der Waals surface area contributed by atoms with Crippen LogP contribution in [0.2, 0.25) is 0 Å². The van der Waals surface area contributed by atoms with Gasteiger partial charge in [0.05, 0.1) is 5.92 Å². The zero-order valence-electron chi connectivity index (χ0n) is 12.2. The first-order valence-electron chi connectivity index (χ1n) is 7.15. The van der Waals surface area contributed by atoms with Gasteiger partial charge >= 0.3 is 0 Å². The highest BCUT2D eigenvalue weighted by molar-refractivity contribution is 5.53. The fourth-order valence-electron chi connectivity index (χ4n) is 2.67. The van der Waals surface area contributed by atoms with E-state index in [1.54, 1.807) is 6.20 Å². The van der Waals surface area contributed by atoms with Crippen molar-refractivity contribution in [2.45, 2.75) is 39.2 Å². The van der Waals surface area contributed by atoms with Gasteiger partial charge in [-0.1, -0.05) is 11.2 Å². The molecule has 0 bridgehead atoms. The van der Waals surface area contributed by atoms with Gasteiger partial charge in [-0.25, -0.2) is 0 Å². The van der Waals surface area contributed by atoms with Crippen LogP contribution in [-0.4, -0.2) is 39.2 Å². The lowest BCUT2D eigenvalue weighted by Gasteiger charge is -2.19. The molecule has 0 radical (unpaired) electrons. The van der Waals surface area contributed by atoms with Gasteiger partial charge in [0.15, 0.2) is 0 Å². The summed E-state index contributed by atoms with van der Waals surface area (Å²) in [5.74, 6) is 1.69. The minimum Gasteiger partial charge on any atom is -0.339 e. The van der Waals surface area contributed by atoms with Gasteiger partial charge in [0.1, 0.15) is 5.69 Å². The van der Waals surface area contributed by atoms with E-state index in [1.165, 1.54) is 0 Å². The lowest BCUT2D eigenvalue weighted by molar-refractivity contribution is 0.265. The summed E-state index contributed by atoms with van der Waals surface area (Å²) in [6, 6.07) is 4.49. The number of nitrogens with zero attached hydrogens (tertiary/aromatic N) is 4. The van der Waals surface area contributed by atoms with Crippen molar-refractivity contribution >= 4 is 0 Å². The average molecular weight is 272 g/mol. The first kappa shape index (κ1) is 13.2. The van der Waals surface area contributed by atoms with Crippen molar-refractivity contribution in [1.82, 2.24) is 20.0 Å². The van der Waals surface area contributed by atoms with Gasteiger partial charge in [-0.05, 0) is 45.4 Å². The van der Waals surface area contributed by atoms with E-state index in [0.29, 0.717) is 17.8 Å². The zero-order valence-corrected chi connectivity index (χ0v) is 12.2. The fraction of sp³-hybridized carbons (Fsp3) is 0.533. The number of likely N-dealkylation sites (tertiary alicyclic amines) is 1. The normalized spacial score (nSPS) is 19.9. The number of rotatable bonds is 3. The van der Waals surface area contributed by atoms with Gasteiger partial charge in [0.25, 0.3) is 0 Å². The smallest absolute Gasteiger partial charge is 0.231 e. The average Bonchev–Trinajstić information content (AvgIpc) is 3.08. The largest absolute Gasteiger partial charge is 0.339 e. The monoisotopic (exact) mass is 272 g/mol. The zero-order chi connectivity index (χ0) is 14.1. The molecule has 1 fully saturated rings. The molecule has 0 aliphatic carbocycles. The van der Waals surface area contributed by atoms with Gasteiger partial charge in [0, 0.05) is 18.8 Å². The molecule has 0 aromatic carbocycles. The molecular weight excluding hydrogens is 252 g/mol. The third kappa shape index (κ3) is 2.45. The summed E-state index contributed by atoms with van der Waals surface area (Å²) in [4.78, 5) is 11.3. The maximum absolute atomic E-state index is 5.46. The fourth-order valence-corrected chi connectivity index (χ4v) is 2.67. The molecule has 0 spiro atoms. The lowest BCUT2D eigenvalue weighted by atomic mass is 10.1. The standard InChI is InChI=1S/C15H20N4O/c1-10(2)19-8-6-12(9-19)15-17-14(18-20-15)13-11(3)5-4-7-16-13/h4-5,7,10,12H,6,8-9H2,1-3H3/t12-/m0/s1. The number of aryl methyl sites for hydroxylation is 1. The summed E-state index contributed by atoms with van der Waals surface area (Å²) in [6.07, 6.45) is 2.84. The van der Waals surface area contributed by atoms with Crippen LogP contribution in [0.15, 0.2) is 22.9 Å². The Morgan fingerprint density at radius 2 is 2.25 bits per heavy atom. The number of pyridine rings is 1. The van der Waals surface area contributed by atoms with Crippen molar-refractivity contribution in [1.29, 1.82) is 0 Å². The minimum absolute atomic E-state index is 0.350. The summed E-state index contributed by atoms with van der Waals surface area (Å²) in [5, 5.41) is 4.09. The van der Waals surface area contributed by atoms with Crippen molar-refractivity contribution in [2.24, 2.45) is 0 Å². The molecule has 0 amide bonds. The van der Waals surface area contributed by atoms with Crippen molar-refractivity contribution in [2.75, 3.05) is 13.1 Å². The highest BCUT2D eigenvalue weighted by Gasteiger charge is 2.29. The maximum atomic E-state index is 5.46. The van der Waals surface area contributed by atoms with Crippen molar-refractivity contribution in [3.05, 3.63) is 29.8 Å². The molecule has 1 aliphatic rings. The third-order valence-electron chi connectivity index (χ3n) is 3.96. The van der Waals surface area contributed by atoms with Crippen LogP contribution in [0.5, 0.6) is 0 Å². The molecule has 0 N–H and O–H groups in total. The summed E-state index contributed by atoms with van der Waals surface area (Å²) < 4.78 is 5.46. The van der Waals surface area contributed by atoms with Crippen LogP contribution in [0.1, 0.15) is 37.6 Å². The van der Waals surface area contributed by atoms with Crippen LogP contribution >= 0.6 is 0 Å². The van der Waals surface area contributed by atoms with Crippen LogP contribution in [0, 0.1) is 6.92 Å². The SMILES string of the molecule is Cc1cccnc1-c1noc([C@H]2CCN(C(C)C)C2)n1. The number of hydrogen-bond donors (Lipinski definition) is 0. The van der Waals surface area contributed by atoms with E-state index in [2.05, 4.69) is 33.9 Å². The van der Waals surface area contributed by atoms with Crippen LogP contribution < -0.4 is 0 Å². The van der Waals surface area contributed by atoms with Crippen molar-refractivity contribution < 1.29 is 4.52 Å². The minimum atomic E-state index is 0.350. The molecule has 1 saturated heterocycles. The van der Waals surface area contributed by atoms with E-state index in [-0.39, 0.29) is 0 Å². The first-order chi connectivity index (χ1) is 9.65. The van der Waals surface area contributed by atoms with Crippen molar-refractivity contribution in [3.8, 4) is 11.5 Å². The van der Waals surface area contributed by atoms with Gasteiger partial charge in [-0.2, -0.15) is 4.98 Å². The second-order valence-electron chi connectivity index (χ2n) is 5.70. The Hall–Kier alpha value is -1.75. The Kier molecular flexibility index (Phi) is 3.53. The van der Waals surface area contributed by atoms with Gasteiger partial charge in [-0.3, -0.25) is 4.98 Å². The Balaban J connectivity index is 1.80. The quantitative estimate of drug-likeness (QED) is 0.859. The van der Waals surface area contributed by atoms with E-state index in [4.69, 9.17) is 4.52 Å². The van der Waals surface area contributed by atoms with E-state index < -0.39 is 0 Å². The highest BCUT2D eigenvalue weighted by Crippen LogP contribution is 2.28. The topological polar surface area (TPSA) is 55.1 Å². The van der Waals surface area contributed by atoms with Crippen LogP contribution in [-0.2, 0) is 0 Å². The molecule has 3 rings (SSSR count). The van der Waals surface area contributed by atoms with Crippen LogP contribution in [0.4, 0.5) is 0 Å². The molecule has 5 heteroatoms. The Morgan fingerprint density at radius 1 is 1.40 bits per heavy atom. The molecule has 106 valence electrons. The highest BCUT2D eigenvalue weighted by atomic mass is 16.5. The summed E-state index contributed by atoms with van der Waals surface area (Å²) in [5.41, 5.74) is 1.87. The molecule has 1 aliphatic heterocycles. The lowest BCUT2D eigenvalue weighted by Crippen LogP contribution is -2.27. The summed E-state index contributed by atoms with van der Waals surface area (Å²) >= 11 is 0. The summed E-state index contributed by atoms with van der Waals surface area (Å²) in [7, 11) is 0. The van der Waals surface area contributed by atoms with Gasteiger partial charge in [0.2, 0.25) is 11.7 Å². The van der Waals surface area contributed by atoms with Crippen LogP contribution in [0.25, 0.3) is 11.5 Å². The van der Waals surface area contributed by atoms with Gasteiger partial charge in [-0.15, -0.1) is 0 Å². The molecule has 0 saturated carbocycles. The molecule has 0 unspecified atom stereocenters. The Morgan fingerprint density at radius 3 is 2.95 bits per heavy atom. The van der Waals surface area contributed by atoms with E-state index in [9.17, 15) is 0 Å². The Labute approximate surface area is 119 Å². The molecule has 1 atom stereocenters.